The van der Waals surface area contributed by atoms with Crippen molar-refractivity contribution in [2.45, 2.75) is 44.9 Å². The van der Waals surface area contributed by atoms with Gasteiger partial charge in [0.05, 0.1) is 5.69 Å². The molecule has 0 radical (unpaired) electrons. The number of urea groups is 1. The molecule has 30 heavy (non-hydrogen) atoms. The zero-order valence-corrected chi connectivity index (χ0v) is 17.8. The average Bonchev–Trinajstić information content (AvgIpc) is 2.72. The third kappa shape index (κ3) is 3.44. The molecule has 1 heterocycles. The fourth-order valence-electron chi connectivity index (χ4n) is 4.51. The first-order chi connectivity index (χ1) is 14.3. The highest BCUT2D eigenvalue weighted by Gasteiger charge is 2.52. The Bertz CT molecular complexity index is 964. The molecule has 0 spiro atoms. The number of benzene rings is 2. The van der Waals surface area contributed by atoms with Gasteiger partial charge in [0.1, 0.15) is 0 Å². The lowest BCUT2D eigenvalue weighted by molar-refractivity contribution is -0.141. The summed E-state index contributed by atoms with van der Waals surface area (Å²) in [6.45, 7) is 4.30. The number of aliphatic hydroxyl groups is 1. The van der Waals surface area contributed by atoms with Crippen LogP contribution in [0.5, 0.6) is 0 Å². The van der Waals surface area contributed by atoms with Crippen molar-refractivity contribution >= 4 is 34.9 Å². The van der Waals surface area contributed by atoms with Gasteiger partial charge >= 0.3 is 6.03 Å². The number of nitrogens with one attached hydrogen (secondary N) is 2. The summed E-state index contributed by atoms with van der Waals surface area (Å²) < 4.78 is 0. The summed E-state index contributed by atoms with van der Waals surface area (Å²) in [4.78, 5) is 27.7. The first kappa shape index (κ1) is 20.7. The van der Waals surface area contributed by atoms with Crippen LogP contribution in [0.25, 0.3) is 0 Å². The van der Waals surface area contributed by atoms with Gasteiger partial charge in [-0.3, -0.25) is 9.69 Å². The molecule has 158 valence electrons. The van der Waals surface area contributed by atoms with Crippen LogP contribution < -0.4 is 15.5 Å². The number of para-hydroxylation sites is 1. The molecule has 3 N–H and O–H groups in total. The van der Waals surface area contributed by atoms with Crippen molar-refractivity contribution in [3.05, 3.63) is 59.1 Å². The van der Waals surface area contributed by atoms with Gasteiger partial charge in [0.2, 0.25) is 0 Å². The number of halogens is 1. The molecular formula is C23H26ClN3O3. The number of anilines is 2. The van der Waals surface area contributed by atoms with Gasteiger partial charge in [0.25, 0.3) is 11.6 Å². The predicted molar refractivity (Wildman–Crippen MR) is 117 cm³/mol. The standard InChI is InChI=1S/C23H26ClN3O3/c1-14-6-5-9-19(15(14)2)25-21(28)23(30)18-7-3-4-8-20(18)26-22(29)27(23)17-12-10-16(24)11-13-17/h3-4,7-8,10-15,19,30H,5-6,9H2,1-2H3,(H,25,28)(H,26,29)/t14-,15+,19+,23+/m0/s1. The van der Waals surface area contributed by atoms with E-state index in [9.17, 15) is 14.7 Å². The Morgan fingerprint density at radius 2 is 1.87 bits per heavy atom. The van der Waals surface area contributed by atoms with E-state index in [0.717, 1.165) is 24.2 Å². The molecule has 7 heteroatoms. The second-order valence-corrected chi connectivity index (χ2v) is 8.74. The van der Waals surface area contributed by atoms with Gasteiger partial charge in [0, 0.05) is 22.3 Å². The van der Waals surface area contributed by atoms with Crippen LogP contribution in [-0.2, 0) is 10.5 Å². The third-order valence-electron chi connectivity index (χ3n) is 6.50. The minimum Gasteiger partial charge on any atom is -0.359 e. The molecule has 1 saturated carbocycles. The molecule has 3 amide bonds. The Kier molecular flexibility index (Phi) is 5.47. The monoisotopic (exact) mass is 427 g/mol. The molecular weight excluding hydrogens is 402 g/mol. The van der Waals surface area contributed by atoms with Crippen LogP contribution in [0.15, 0.2) is 48.5 Å². The number of carbonyl (C=O) groups excluding carboxylic acids is 2. The van der Waals surface area contributed by atoms with E-state index in [1.807, 2.05) is 0 Å². The van der Waals surface area contributed by atoms with Crippen molar-refractivity contribution in [3.8, 4) is 0 Å². The zero-order valence-electron chi connectivity index (χ0n) is 17.1. The molecule has 2 aromatic rings. The molecule has 1 aliphatic carbocycles. The predicted octanol–water partition coefficient (Wildman–Crippen LogP) is 4.48. The van der Waals surface area contributed by atoms with Gasteiger partial charge in [-0.1, -0.05) is 56.5 Å². The lowest BCUT2D eigenvalue weighted by Gasteiger charge is -2.44. The highest BCUT2D eigenvalue weighted by molar-refractivity contribution is 6.30. The second-order valence-electron chi connectivity index (χ2n) is 8.31. The lowest BCUT2D eigenvalue weighted by atomic mass is 9.78. The van der Waals surface area contributed by atoms with Crippen molar-refractivity contribution in [1.29, 1.82) is 0 Å². The number of amides is 3. The van der Waals surface area contributed by atoms with Crippen LogP contribution in [0.3, 0.4) is 0 Å². The second kappa shape index (κ2) is 7.93. The molecule has 0 saturated heterocycles. The molecule has 0 unspecified atom stereocenters. The molecule has 4 rings (SSSR count). The zero-order chi connectivity index (χ0) is 21.5. The van der Waals surface area contributed by atoms with Gasteiger partial charge in [0.15, 0.2) is 0 Å². The SMILES string of the molecule is C[C@@H]1[C@@H](C)CCC[C@H]1NC(=O)[C@]1(O)c2ccccc2NC(=O)N1c1ccc(Cl)cc1. The van der Waals surface area contributed by atoms with Crippen molar-refractivity contribution in [2.75, 3.05) is 10.2 Å². The third-order valence-corrected chi connectivity index (χ3v) is 6.75. The first-order valence-corrected chi connectivity index (χ1v) is 10.7. The number of rotatable bonds is 3. The Morgan fingerprint density at radius 1 is 1.17 bits per heavy atom. The molecule has 1 fully saturated rings. The van der Waals surface area contributed by atoms with Crippen LogP contribution in [0.4, 0.5) is 16.2 Å². The van der Waals surface area contributed by atoms with E-state index < -0.39 is 17.7 Å². The quantitative estimate of drug-likeness (QED) is 0.675. The summed E-state index contributed by atoms with van der Waals surface area (Å²) in [6, 6.07) is 12.6. The van der Waals surface area contributed by atoms with E-state index in [4.69, 9.17) is 11.6 Å². The van der Waals surface area contributed by atoms with Crippen molar-refractivity contribution < 1.29 is 14.7 Å². The van der Waals surface area contributed by atoms with Crippen LogP contribution in [0.1, 0.15) is 38.7 Å². The highest BCUT2D eigenvalue weighted by Crippen LogP contribution is 2.40. The molecule has 6 nitrogen and oxygen atoms in total. The van der Waals surface area contributed by atoms with Crippen molar-refractivity contribution in [1.82, 2.24) is 5.32 Å². The summed E-state index contributed by atoms with van der Waals surface area (Å²) in [6.07, 6.45) is 2.99. The van der Waals surface area contributed by atoms with Gasteiger partial charge in [-0.2, -0.15) is 0 Å². The number of fused-ring (bicyclic) bond motifs is 1. The van der Waals surface area contributed by atoms with E-state index in [0.29, 0.717) is 27.9 Å². The fourth-order valence-corrected chi connectivity index (χ4v) is 4.63. The topological polar surface area (TPSA) is 81.7 Å². The van der Waals surface area contributed by atoms with E-state index in [1.54, 1.807) is 48.5 Å². The highest BCUT2D eigenvalue weighted by atomic mass is 35.5. The van der Waals surface area contributed by atoms with E-state index >= 15 is 0 Å². The van der Waals surface area contributed by atoms with E-state index in [-0.39, 0.29) is 12.0 Å². The molecule has 2 aliphatic rings. The maximum Gasteiger partial charge on any atom is 0.329 e. The van der Waals surface area contributed by atoms with Gasteiger partial charge in [-0.25, -0.2) is 4.79 Å². The lowest BCUT2D eigenvalue weighted by Crippen LogP contribution is -2.64. The number of hydrogen-bond acceptors (Lipinski definition) is 3. The van der Waals surface area contributed by atoms with Crippen LogP contribution in [0, 0.1) is 11.8 Å². The smallest absolute Gasteiger partial charge is 0.329 e. The fraction of sp³-hybridized carbons (Fsp3) is 0.391. The molecule has 2 aromatic carbocycles. The van der Waals surface area contributed by atoms with Crippen LogP contribution in [-0.4, -0.2) is 23.1 Å². The summed E-state index contributed by atoms with van der Waals surface area (Å²) >= 11 is 6.00. The van der Waals surface area contributed by atoms with E-state index in [1.165, 1.54) is 0 Å². The van der Waals surface area contributed by atoms with Crippen molar-refractivity contribution in [3.63, 3.8) is 0 Å². The number of nitrogens with zero attached hydrogens (tertiary/aromatic N) is 1. The largest absolute Gasteiger partial charge is 0.359 e. The van der Waals surface area contributed by atoms with Crippen LogP contribution in [0.2, 0.25) is 5.02 Å². The minimum absolute atomic E-state index is 0.0607. The van der Waals surface area contributed by atoms with Gasteiger partial charge in [-0.15, -0.1) is 0 Å². The first-order valence-electron chi connectivity index (χ1n) is 10.3. The number of hydrogen-bond donors (Lipinski definition) is 3. The van der Waals surface area contributed by atoms with Gasteiger partial charge in [-0.05, 0) is 48.6 Å². The van der Waals surface area contributed by atoms with Crippen molar-refractivity contribution in [2.24, 2.45) is 11.8 Å². The van der Waals surface area contributed by atoms with Gasteiger partial charge < -0.3 is 15.7 Å². The Labute approximate surface area is 181 Å². The summed E-state index contributed by atoms with van der Waals surface area (Å²) in [5, 5.41) is 18.2. The Morgan fingerprint density at radius 3 is 2.60 bits per heavy atom. The summed E-state index contributed by atoms with van der Waals surface area (Å²) in [5.41, 5.74) is -1.08. The maximum atomic E-state index is 13.6. The molecule has 0 aromatic heterocycles. The normalized spacial score (nSPS) is 28.5. The Balaban J connectivity index is 1.77. The average molecular weight is 428 g/mol. The summed E-state index contributed by atoms with van der Waals surface area (Å²) in [7, 11) is 0. The Hall–Kier alpha value is -2.57. The molecule has 4 atom stereocenters. The number of carbonyl (C=O) groups is 2. The molecule has 0 bridgehead atoms. The minimum atomic E-state index is -2.19. The summed E-state index contributed by atoms with van der Waals surface area (Å²) in [5.74, 6) is 0.154. The van der Waals surface area contributed by atoms with Crippen LogP contribution >= 0.6 is 11.6 Å². The van der Waals surface area contributed by atoms with E-state index in [2.05, 4.69) is 24.5 Å². The molecule has 1 aliphatic heterocycles. The maximum absolute atomic E-state index is 13.6.